The largest absolute Gasteiger partial charge is 0.393 e. The molecule has 0 fully saturated rings. The smallest absolute Gasteiger partial charge is 0.235 e. The molecule has 1 rings (SSSR count). The van der Waals surface area contributed by atoms with Crippen LogP contribution in [-0.2, 0) is 9.53 Å². The summed E-state index contributed by atoms with van der Waals surface area (Å²) in [7, 11) is 1.65. The van der Waals surface area contributed by atoms with Gasteiger partial charge in [0.25, 0.3) is 0 Å². The number of carbonyl (C=O) groups excluding carboxylic acids is 1. The molecule has 18 heavy (non-hydrogen) atoms. The minimum Gasteiger partial charge on any atom is -0.393 e. The van der Waals surface area contributed by atoms with Gasteiger partial charge in [-0.15, -0.1) is 0 Å². The van der Waals surface area contributed by atoms with Crippen molar-refractivity contribution in [3.05, 3.63) is 6.33 Å². The monoisotopic (exact) mass is 271 g/mol. The van der Waals surface area contributed by atoms with Crippen molar-refractivity contribution in [2.75, 3.05) is 42.0 Å². The van der Waals surface area contributed by atoms with Crippen molar-refractivity contribution < 1.29 is 9.53 Å². The van der Waals surface area contributed by atoms with Crippen molar-refractivity contribution in [3.8, 4) is 0 Å². The number of hydrogen-bond donors (Lipinski definition) is 3. The van der Waals surface area contributed by atoms with Gasteiger partial charge in [-0.25, -0.2) is 9.97 Å². The van der Waals surface area contributed by atoms with Crippen molar-refractivity contribution in [2.45, 2.75) is 6.42 Å². The number of nitrogen functional groups attached to an aromatic ring is 2. The number of thioether (sulfide) groups is 1. The molecule has 1 heterocycles. The number of nitrogens with zero attached hydrogens (tertiary/aromatic N) is 2. The third-order valence-corrected chi connectivity index (χ3v) is 3.09. The Bertz CT molecular complexity index is 402. The van der Waals surface area contributed by atoms with E-state index in [1.807, 2.05) is 0 Å². The molecule has 1 aromatic rings. The van der Waals surface area contributed by atoms with Gasteiger partial charge in [0.05, 0.1) is 5.75 Å². The van der Waals surface area contributed by atoms with Crippen LogP contribution in [-0.4, -0.2) is 41.1 Å². The lowest BCUT2D eigenvalue weighted by molar-refractivity contribution is -0.113. The number of carbonyl (C=O) groups is 1. The molecule has 1 aromatic heterocycles. The first-order chi connectivity index (χ1) is 8.65. The maximum atomic E-state index is 11.6. The molecule has 100 valence electrons. The summed E-state index contributed by atoms with van der Waals surface area (Å²) in [5.41, 5.74) is 11.3. The number of amides is 1. The second kappa shape index (κ2) is 7.72. The Hall–Kier alpha value is -1.54. The quantitative estimate of drug-likeness (QED) is 0.612. The first-order valence-electron chi connectivity index (χ1n) is 5.37. The van der Waals surface area contributed by atoms with Gasteiger partial charge in [-0.3, -0.25) is 4.79 Å². The molecule has 0 bridgehead atoms. The lowest BCUT2D eigenvalue weighted by atomic mass is 10.4. The van der Waals surface area contributed by atoms with E-state index < -0.39 is 0 Å². The fourth-order valence-corrected chi connectivity index (χ4v) is 1.87. The van der Waals surface area contributed by atoms with Crippen LogP contribution < -0.4 is 16.8 Å². The lowest BCUT2D eigenvalue weighted by Gasteiger charge is -2.07. The molecule has 0 aromatic carbocycles. The molecule has 0 unspecified atom stereocenters. The molecule has 0 atom stereocenters. The average molecular weight is 271 g/mol. The summed E-state index contributed by atoms with van der Waals surface area (Å²) in [5.74, 6) is 1.45. The Kier molecular flexibility index (Phi) is 6.23. The predicted molar refractivity (Wildman–Crippen MR) is 73.3 cm³/mol. The number of nitrogens with one attached hydrogen (secondary N) is 1. The lowest BCUT2D eigenvalue weighted by Crippen LogP contribution is -2.17. The highest BCUT2D eigenvalue weighted by Crippen LogP contribution is 2.19. The molecule has 0 spiro atoms. The summed E-state index contributed by atoms with van der Waals surface area (Å²) < 4.78 is 4.91. The molecule has 0 aliphatic rings. The zero-order valence-electron chi connectivity index (χ0n) is 10.2. The number of rotatable bonds is 7. The van der Waals surface area contributed by atoms with E-state index in [1.54, 1.807) is 7.11 Å². The van der Waals surface area contributed by atoms with Gasteiger partial charge in [0, 0.05) is 13.7 Å². The van der Waals surface area contributed by atoms with Crippen LogP contribution in [0.2, 0.25) is 0 Å². The SMILES string of the molecule is COCCCSCC(=O)Nc1ncnc(N)c1N. The second-order valence-electron chi connectivity index (χ2n) is 3.47. The van der Waals surface area contributed by atoms with E-state index in [9.17, 15) is 4.79 Å². The zero-order valence-corrected chi connectivity index (χ0v) is 11.0. The van der Waals surface area contributed by atoms with Gasteiger partial charge in [-0.1, -0.05) is 0 Å². The van der Waals surface area contributed by atoms with E-state index in [2.05, 4.69) is 15.3 Å². The maximum Gasteiger partial charge on any atom is 0.235 e. The molecule has 8 heteroatoms. The summed E-state index contributed by atoms with van der Waals surface area (Å²) in [5, 5.41) is 2.59. The molecule has 5 N–H and O–H groups in total. The Morgan fingerprint density at radius 3 is 3.00 bits per heavy atom. The number of methoxy groups -OCH3 is 1. The third-order valence-electron chi connectivity index (χ3n) is 2.04. The van der Waals surface area contributed by atoms with Crippen LogP contribution >= 0.6 is 11.8 Å². The van der Waals surface area contributed by atoms with E-state index in [0.29, 0.717) is 12.4 Å². The minimum atomic E-state index is -0.165. The highest BCUT2D eigenvalue weighted by molar-refractivity contribution is 7.99. The van der Waals surface area contributed by atoms with Crippen LogP contribution in [0.4, 0.5) is 17.3 Å². The summed E-state index contributed by atoms with van der Waals surface area (Å²) in [6.07, 6.45) is 2.17. The highest BCUT2D eigenvalue weighted by atomic mass is 32.2. The molecule has 0 aliphatic carbocycles. The van der Waals surface area contributed by atoms with Crippen molar-refractivity contribution in [2.24, 2.45) is 0 Å². The summed E-state index contributed by atoms with van der Waals surface area (Å²) in [4.78, 5) is 19.2. The van der Waals surface area contributed by atoms with E-state index in [-0.39, 0.29) is 23.2 Å². The number of anilines is 3. The van der Waals surface area contributed by atoms with E-state index in [1.165, 1.54) is 18.1 Å². The standard InChI is InChI=1S/C10H17N5O2S/c1-17-3-2-4-18-5-7(16)15-10-8(11)9(12)13-6-14-10/h6H,2-5,11H2,1H3,(H3,12,13,14,15,16). The Balaban J connectivity index is 2.34. The van der Waals surface area contributed by atoms with Crippen LogP contribution in [0.5, 0.6) is 0 Å². The maximum absolute atomic E-state index is 11.6. The molecular weight excluding hydrogens is 254 g/mol. The van der Waals surface area contributed by atoms with Gasteiger partial charge >= 0.3 is 0 Å². The fraction of sp³-hybridized carbons (Fsp3) is 0.500. The third kappa shape index (κ3) is 4.76. The van der Waals surface area contributed by atoms with Crippen molar-refractivity contribution >= 4 is 35.0 Å². The van der Waals surface area contributed by atoms with E-state index in [4.69, 9.17) is 16.2 Å². The van der Waals surface area contributed by atoms with Gasteiger partial charge < -0.3 is 21.5 Å². The first kappa shape index (κ1) is 14.5. The van der Waals surface area contributed by atoms with Gasteiger partial charge in [-0.2, -0.15) is 11.8 Å². The Morgan fingerprint density at radius 2 is 2.28 bits per heavy atom. The number of nitrogens with two attached hydrogens (primary N) is 2. The predicted octanol–water partition coefficient (Wildman–Crippen LogP) is 0.349. The molecule has 0 saturated carbocycles. The van der Waals surface area contributed by atoms with Gasteiger partial charge in [0.1, 0.15) is 12.0 Å². The fourth-order valence-electron chi connectivity index (χ4n) is 1.15. The normalized spacial score (nSPS) is 10.3. The van der Waals surface area contributed by atoms with E-state index in [0.717, 1.165) is 12.2 Å². The molecule has 1 amide bonds. The van der Waals surface area contributed by atoms with Gasteiger partial charge in [-0.05, 0) is 12.2 Å². The molecule has 0 radical (unpaired) electrons. The summed E-state index contributed by atoms with van der Waals surface area (Å²) >= 11 is 1.52. The first-order valence-corrected chi connectivity index (χ1v) is 6.53. The van der Waals surface area contributed by atoms with Crippen LogP contribution in [0.25, 0.3) is 0 Å². The Morgan fingerprint density at radius 1 is 1.50 bits per heavy atom. The molecule has 7 nitrogen and oxygen atoms in total. The highest BCUT2D eigenvalue weighted by Gasteiger charge is 2.08. The number of hydrogen-bond acceptors (Lipinski definition) is 7. The second-order valence-corrected chi connectivity index (χ2v) is 4.57. The van der Waals surface area contributed by atoms with Gasteiger partial charge in [0.2, 0.25) is 5.91 Å². The van der Waals surface area contributed by atoms with Crippen LogP contribution in [0.15, 0.2) is 6.33 Å². The van der Waals surface area contributed by atoms with Crippen molar-refractivity contribution in [1.29, 1.82) is 0 Å². The summed E-state index contributed by atoms with van der Waals surface area (Å²) in [6, 6.07) is 0. The van der Waals surface area contributed by atoms with Crippen LogP contribution in [0.3, 0.4) is 0 Å². The molecule has 0 saturated heterocycles. The number of aromatic nitrogens is 2. The van der Waals surface area contributed by atoms with Crippen LogP contribution in [0, 0.1) is 0 Å². The van der Waals surface area contributed by atoms with Crippen LogP contribution in [0.1, 0.15) is 6.42 Å². The van der Waals surface area contributed by atoms with Crippen molar-refractivity contribution in [1.82, 2.24) is 9.97 Å². The number of ether oxygens (including phenoxy) is 1. The van der Waals surface area contributed by atoms with Gasteiger partial charge in [0.15, 0.2) is 11.6 Å². The Labute approximate surface area is 110 Å². The molecular formula is C10H17N5O2S. The van der Waals surface area contributed by atoms with E-state index >= 15 is 0 Å². The minimum absolute atomic E-state index is 0.160. The molecule has 0 aliphatic heterocycles. The topological polar surface area (TPSA) is 116 Å². The zero-order chi connectivity index (χ0) is 13.4. The summed E-state index contributed by atoms with van der Waals surface area (Å²) in [6.45, 7) is 0.698. The average Bonchev–Trinajstić information content (AvgIpc) is 2.35. The van der Waals surface area contributed by atoms with Crippen molar-refractivity contribution in [3.63, 3.8) is 0 Å².